The van der Waals surface area contributed by atoms with Crippen LogP contribution in [0.3, 0.4) is 0 Å². The van der Waals surface area contributed by atoms with Crippen LogP contribution in [0.1, 0.15) is 20.3 Å². The van der Waals surface area contributed by atoms with Crippen LogP contribution >= 0.6 is 0 Å². The van der Waals surface area contributed by atoms with Crippen molar-refractivity contribution in [3.8, 4) is 0 Å². The molecular formula is C15H20N4O7. The Bertz CT molecular complexity index is 626. The first-order chi connectivity index (χ1) is 12.2. The molecule has 1 heterocycles. The molecule has 0 aliphatic carbocycles. The first kappa shape index (κ1) is 20.8. The predicted molar refractivity (Wildman–Crippen MR) is 85.9 cm³/mol. The molecule has 0 aromatic rings. The second-order valence-electron chi connectivity index (χ2n) is 5.30. The van der Waals surface area contributed by atoms with Crippen LogP contribution in [-0.2, 0) is 33.5 Å². The summed E-state index contributed by atoms with van der Waals surface area (Å²) < 4.78 is 4.51. The quantitative estimate of drug-likeness (QED) is 0.232. The highest BCUT2D eigenvalue weighted by Crippen LogP contribution is 2.04. The molecule has 0 saturated heterocycles. The Morgan fingerprint density at radius 1 is 1.08 bits per heavy atom. The van der Waals surface area contributed by atoms with Crippen LogP contribution in [0.15, 0.2) is 12.2 Å². The third-order valence-corrected chi connectivity index (χ3v) is 3.20. The van der Waals surface area contributed by atoms with Crippen molar-refractivity contribution in [2.75, 3.05) is 19.8 Å². The summed E-state index contributed by atoms with van der Waals surface area (Å²) in [6.07, 6.45) is 2.07. The molecule has 1 aliphatic heterocycles. The number of carbonyl (C=O) groups is 6. The Balaban J connectivity index is 2.25. The van der Waals surface area contributed by atoms with Crippen molar-refractivity contribution in [1.29, 1.82) is 0 Å². The molecule has 3 N–H and O–H groups in total. The number of nitrogens with one attached hydrogen (secondary N) is 3. The molecule has 5 amide bonds. The van der Waals surface area contributed by atoms with Crippen LogP contribution in [0.5, 0.6) is 0 Å². The number of imide groups is 1. The summed E-state index contributed by atoms with van der Waals surface area (Å²) in [6, 6.07) is -0.924. The molecule has 1 atom stereocenters. The van der Waals surface area contributed by atoms with Crippen molar-refractivity contribution in [3.63, 3.8) is 0 Å². The fourth-order valence-corrected chi connectivity index (χ4v) is 1.85. The molecule has 0 bridgehead atoms. The van der Waals surface area contributed by atoms with E-state index in [1.54, 1.807) is 0 Å². The molecule has 0 fully saturated rings. The molecule has 1 rings (SSSR count). The maximum absolute atomic E-state index is 11.8. The summed E-state index contributed by atoms with van der Waals surface area (Å²) in [6.45, 7) is 1.84. The van der Waals surface area contributed by atoms with Gasteiger partial charge in [0.1, 0.15) is 6.04 Å². The van der Waals surface area contributed by atoms with Gasteiger partial charge in [-0.3, -0.25) is 33.7 Å². The van der Waals surface area contributed by atoms with E-state index in [9.17, 15) is 28.8 Å². The number of esters is 1. The molecule has 0 saturated carbocycles. The number of nitrogens with zero attached hydrogens (tertiary/aromatic N) is 1. The van der Waals surface area contributed by atoms with Gasteiger partial charge in [0.25, 0.3) is 11.8 Å². The Hall–Kier alpha value is -3.24. The van der Waals surface area contributed by atoms with Gasteiger partial charge in [-0.2, -0.15) is 0 Å². The lowest BCUT2D eigenvalue weighted by Gasteiger charge is -2.16. The van der Waals surface area contributed by atoms with Crippen molar-refractivity contribution >= 4 is 35.5 Å². The molecule has 142 valence electrons. The number of ether oxygens (including phenoxy) is 1. The predicted octanol–water partition coefficient (Wildman–Crippen LogP) is -2.44. The highest BCUT2D eigenvalue weighted by Gasteiger charge is 2.24. The molecule has 0 aromatic heterocycles. The molecule has 0 aromatic carbocycles. The number of hydrogen-bond donors (Lipinski definition) is 3. The zero-order valence-corrected chi connectivity index (χ0v) is 14.4. The van der Waals surface area contributed by atoms with Crippen LogP contribution in [0.2, 0.25) is 0 Å². The number of carbonyl (C=O) groups excluding carboxylic acids is 6. The van der Waals surface area contributed by atoms with Crippen molar-refractivity contribution in [2.24, 2.45) is 0 Å². The van der Waals surface area contributed by atoms with Crippen LogP contribution in [0, 0.1) is 0 Å². The van der Waals surface area contributed by atoms with E-state index in [1.807, 2.05) is 0 Å². The Labute approximate surface area is 149 Å². The van der Waals surface area contributed by atoms with Gasteiger partial charge >= 0.3 is 5.97 Å². The van der Waals surface area contributed by atoms with E-state index in [-0.39, 0.29) is 26.2 Å². The summed E-state index contributed by atoms with van der Waals surface area (Å²) in [5.74, 6) is -3.24. The molecule has 1 aliphatic rings. The van der Waals surface area contributed by atoms with Gasteiger partial charge in [-0.05, 0) is 6.92 Å². The van der Waals surface area contributed by atoms with Gasteiger partial charge in [0.2, 0.25) is 17.7 Å². The van der Waals surface area contributed by atoms with Crippen molar-refractivity contribution in [1.82, 2.24) is 20.9 Å². The van der Waals surface area contributed by atoms with Crippen LogP contribution < -0.4 is 16.0 Å². The van der Waals surface area contributed by atoms with Gasteiger partial charge in [-0.15, -0.1) is 0 Å². The summed E-state index contributed by atoms with van der Waals surface area (Å²) in [5, 5.41) is 6.95. The second-order valence-corrected chi connectivity index (χ2v) is 5.30. The Morgan fingerprint density at radius 2 is 1.69 bits per heavy atom. The zero-order chi connectivity index (χ0) is 19.7. The lowest BCUT2D eigenvalue weighted by Crippen LogP contribution is -2.48. The van der Waals surface area contributed by atoms with Crippen molar-refractivity contribution in [2.45, 2.75) is 26.3 Å². The van der Waals surface area contributed by atoms with Crippen molar-refractivity contribution in [3.05, 3.63) is 12.2 Å². The Kier molecular flexibility index (Phi) is 7.93. The molecule has 11 nitrogen and oxygen atoms in total. The molecular weight excluding hydrogens is 348 g/mol. The minimum Gasteiger partial charge on any atom is -0.445 e. The van der Waals surface area contributed by atoms with E-state index < -0.39 is 41.5 Å². The highest BCUT2D eigenvalue weighted by atomic mass is 16.5. The minimum absolute atomic E-state index is 0.0939. The minimum atomic E-state index is -0.924. The molecule has 26 heavy (non-hydrogen) atoms. The standard InChI is InChI=1S/C15H20N4O7/c1-9(15(25)16-7-12(22)17-8-26-10(2)20)18-11(21)5-6-19-13(23)3-4-14(19)24/h3-4,9H,5-8H2,1-2H3,(H,16,25)(H,17,22)(H,18,21). The molecule has 1 unspecified atom stereocenters. The molecule has 0 spiro atoms. The third kappa shape index (κ3) is 7.11. The average Bonchev–Trinajstić information content (AvgIpc) is 2.88. The average molecular weight is 368 g/mol. The Morgan fingerprint density at radius 3 is 2.27 bits per heavy atom. The van der Waals surface area contributed by atoms with E-state index in [2.05, 4.69) is 20.7 Å². The third-order valence-electron chi connectivity index (χ3n) is 3.20. The van der Waals surface area contributed by atoms with Gasteiger partial charge in [0.15, 0.2) is 6.73 Å². The van der Waals surface area contributed by atoms with Crippen LogP contribution in [0.4, 0.5) is 0 Å². The van der Waals surface area contributed by atoms with Crippen LogP contribution in [0.25, 0.3) is 0 Å². The van der Waals surface area contributed by atoms with E-state index in [0.29, 0.717) is 0 Å². The fourth-order valence-electron chi connectivity index (χ4n) is 1.85. The van der Waals surface area contributed by atoms with E-state index >= 15 is 0 Å². The smallest absolute Gasteiger partial charge is 0.304 e. The van der Waals surface area contributed by atoms with Gasteiger partial charge in [-0.1, -0.05) is 0 Å². The first-order valence-electron chi connectivity index (χ1n) is 7.71. The SMILES string of the molecule is CC(=O)OCNC(=O)CNC(=O)C(C)NC(=O)CCN1C(=O)C=CC1=O. The first-order valence-corrected chi connectivity index (χ1v) is 7.71. The van der Waals surface area contributed by atoms with Gasteiger partial charge < -0.3 is 20.7 Å². The largest absolute Gasteiger partial charge is 0.445 e. The van der Waals surface area contributed by atoms with Gasteiger partial charge in [-0.25, -0.2) is 0 Å². The van der Waals surface area contributed by atoms with E-state index in [1.165, 1.54) is 13.8 Å². The normalized spacial score (nSPS) is 14.0. The van der Waals surface area contributed by atoms with Gasteiger partial charge in [0, 0.05) is 32.0 Å². The maximum Gasteiger partial charge on any atom is 0.304 e. The van der Waals surface area contributed by atoms with Crippen LogP contribution in [-0.4, -0.2) is 66.3 Å². The number of hydrogen-bond acceptors (Lipinski definition) is 7. The second kappa shape index (κ2) is 9.91. The fraction of sp³-hybridized carbons (Fsp3) is 0.467. The summed E-state index contributed by atoms with van der Waals surface area (Å²) in [4.78, 5) is 69.1. The zero-order valence-electron chi connectivity index (χ0n) is 14.4. The topological polar surface area (TPSA) is 151 Å². The number of rotatable bonds is 9. The summed E-state index contributed by atoms with van der Waals surface area (Å²) in [7, 11) is 0. The molecule has 11 heteroatoms. The summed E-state index contributed by atoms with van der Waals surface area (Å²) in [5.41, 5.74) is 0. The number of amides is 5. The lowest BCUT2D eigenvalue weighted by molar-refractivity contribution is -0.143. The monoisotopic (exact) mass is 368 g/mol. The summed E-state index contributed by atoms with van der Waals surface area (Å²) >= 11 is 0. The highest BCUT2D eigenvalue weighted by molar-refractivity contribution is 6.13. The lowest BCUT2D eigenvalue weighted by atomic mass is 10.2. The molecule has 0 radical (unpaired) electrons. The van der Waals surface area contributed by atoms with Gasteiger partial charge in [0.05, 0.1) is 6.54 Å². The van der Waals surface area contributed by atoms with Crippen molar-refractivity contribution < 1.29 is 33.5 Å². The van der Waals surface area contributed by atoms with E-state index in [0.717, 1.165) is 17.1 Å². The van der Waals surface area contributed by atoms with E-state index in [4.69, 9.17) is 0 Å². The maximum atomic E-state index is 11.8.